The first-order valence-corrected chi connectivity index (χ1v) is 6.74. The Kier molecular flexibility index (Phi) is 4.37. The van der Waals surface area contributed by atoms with Gasteiger partial charge in [-0.3, -0.25) is 14.7 Å². The van der Waals surface area contributed by atoms with Crippen molar-refractivity contribution in [2.45, 2.75) is 27.2 Å². The van der Waals surface area contributed by atoms with E-state index in [0.717, 1.165) is 11.4 Å². The summed E-state index contributed by atoms with van der Waals surface area (Å²) in [4.78, 5) is 23.9. The molecule has 0 aliphatic heterocycles. The zero-order valence-corrected chi connectivity index (χ0v) is 12.3. The monoisotopic (exact) mass is 286 g/mol. The van der Waals surface area contributed by atoms with Crippen LogP contribution in [0, 0.1) is 13.8 Å². The fraction of sp³-hybridized carbons (Fsp3) is 0.267. The second-order valence-electron chi connectivity index (χ2n) is 4.71. The molecule has 21 heavy (non-hydrogen) atoms. The van der Waals surface area contributed by atoms with Crippen molar-refractivity contribution in [3.63, 3.8) is 0 Å². The zero-order chi connectivity index (χ0) is 15.4. The highest BCUT2D eigenvalue weighted by Crippen LogP contribution is 2.20. The molecule has 0 spiro atoms. The zero-order valence-electron chi connectivity index (χ0n) is 12.3. The molecule has 6 nitrogen and oxygen atoms in total. The molecule has 1 aromatic heterocycles. The molecule has 0 saturated heterocycles. The second kappa shape index (κ2) is 6.21. The molecule has 0 radical (unpaired) electrons. The lowest BCUT2D eigenvalue weighted by Crippen LogP contribution is -2.18. The van der Waals surface area contributed by atoms with Crippen LogP contribution in [0.2, 0.25) is 0 Å². The number of H-pyrrole nitrogens is 1. The van der Waals surface area contributed by atoms with E-state index in [1.807, 2.05) is 13.8 Å². The van der Waals surface area contributed by atoms with E-state index in [1.54, 1.807) is 31.2 Å². The number of nitrogens with zero attached hydrogens (tertiary/aromatic N) is 1. The molecule has 0 aliphatic rings. The summed E-state index contributed by atoms with van der Waals surface area (Å²) >= 11 is 0. The van der Waals surface area contributed by atoms with Crippen molar-refractivity contribution in [2.75, 3.05) is 10.6 Å². The fourth-order valence-corrected chi connectivity index (χ4v) is 1.94. The maximum atomic E-state index is 12.4. The maximum absolute atomic E-state index is 12.4. The summed E-state index contributed by atoms with van der Waals surface area (Å²) in [5.41, 5.74) is 3.09. The molecule has 0 aliphatic carbocycles. The molecule has 6 heteroatoms. The third kappa shape index (κ3) is 3.28. The number of carbonyl (C=O) groups is 2. The van der Waals surface area contributed by atoms with Crippen LogP contribution in [0.5, 0.6) is 0 Å². The van der Waals surface area contributed by atoms with E-state index in [-0.39, 0.29) is 11.8 Å². The molecule has 2 amide bonds. The maximum Gasteiger partial charge on any atom is 0.257 e. The van der Waals surface area contributed by atoms with E-state index >= 15 is 0 Å². The highest BCUT2D eigenvalue weighted by Gasteiger charge is 2.15. The first kappa shape index (κ1) is 14.8. The summed E-state index contributed by atoms with van der Waals surface area (Å²) < 4.78 is 0. The predicted octanol–water partition coefficient (Wildman–Crippen LogP) is 2.63. The Morgan fingerprint density at radius 1 is 1.19 bits per heavy atom. The van der Waals surface area contributed by atoms with Crippen molar-refractivity contribution >= 4 is 23.2 Å². The topological polar surface area (TPSA) is 86.9 Å². The Labute approximate surface area is 122 Å². The minimum absolute atomic E-state index is 0.133. The summed E-state index contributed by atoms with van der Waals surface area (Å²) in [6, 6.07) is 6.91. The Morgan fingerprint density at radius 3 is 2.52 bits per heavy atom. The number of aromatic amines is 1. The van der Waals surface area contributed by atoms with E-state index in [9.17, 15) is 9.59 Å². The van der Waals surface area contributed by atoms with Gasteiger partial charge in [0.15, 0.2) is 0 Å². The van der Waals surface area contributed by atoms with E-state index < -0.39 is 0 Å². The average Bonchev–Trinajstić information content (AvgIpc) is 2.79. The van der Waals surface area contributed by atoms with Crippen LogP contribution in [0.25, 0.3) is 0 Å². The van der Waals surface area contributed by atoms with E-state index in [4.69, 9.17) is 0 Å². The average molecular weight is 286 g/mol. The van der Waals surface area contributed by atoms with Crippen molar-refractivity contribution < 1.29 is 9.59 Å². The lowest BCUT2D eigenvalue weighted by atomic mass is 10.1. The van der Waals surface area contributed by atoms with Crippen LogP contribution in [0.1, 0.15) is 35.1 Å². The van der Waals surface area contributed by atoms with Gasteiger partial charge >= 0.3 is 0 Å². The third-order valence-electron chi connectivity index (χ3n) is 3.13. The number of para-hydroxylation sites is 1. The Hall–Kier alpha value is -2.63. The highest BCUT2D eigenvalue weighted by molar-refractivity contribution is 6.10. The first-order valence-electron chi connectivity index (χ1n) is 6.74. The molecule has 0 unspecified atom stereocenters. The van der Waals surface area contributed by atoms with Gasteiger partial charge in [-0.25, -0.2) is 0 Å². The lowest BCUT2D eigenvalue weighted by Gasteiger charge is -2.11. The van der Waals surface area contributed by atoms with Gasteiger partial charge in [-0.2, -0.15) is 5.10 Å². The van der Waals surface area contributed by atoms with Gasteiger partial charge in [0, 0.05) is 6.42 Å². The molecule has 1 aromatic carbocycles. The SMILES string of the molecule is CCC(=O)Nc1ccccc1C(=O)Nc1c(C)n[nH]c1C. The molecule has 110 valence electrons. The van der Waals surface area contributed by atoms with Gasteiger partial charge in [-0.15, -0.1) is 0 Å². The summed E-state index contributed by atoms with van der Waals surface area (Å²) in [7, 11) is 0. The Balaban J connectivity index is 2.25. The van der Waals surface area contributed by atoms with Gasteiger partial charge in [0.2, 0.25) is 5.91 Å². The largest absolute Gasteiger partial charge is 0.325 e. The van der Waals surface area contributed by atoms with E-state index in [1.165, 1.54) is 0 Å². The number of amides is 2. The van der Waals surface area contributed by atoms with Crippen LogP contribution >= 0.6 is 0 Å². The molecular weight excluding hydrogens is 268 g/mol. The molecule has 3 N–H and O–H groups in total. The van der Waals surface area contributed by atoms with Gasteiger partial charge in [0.05, 0.1) is 28.3 Å². The van der Waals surface area contributed by atoms with Crippen molar-refractivity contribution in [3.05, 3.63) is 41.2 Å². The van der Waals surface area contributed by atoms with Gasteiger partial charge in [0.1, 0.15) is 0 Å². The van der Waals surface area contributed by atoms with Gasteiger partial charge < -0.3 is 10.6 Å². The third-order valence-corrected chi connectivity index (χ3v) is 3.13. The number of aryl methyl sites for hydroxylation is 2. The number of aromatic nitrogens is 2. The summed E-state index contributed by atoms with van der Waals surface area (Å²) in [5.74, 6) is -0.416. The number of anilines is 2. The number of nitrogens with one attached hydrogen (secondary N) is 3. The van der Waals surface area contributed by atoms with Gasteiger partial charge in [-0.1, -0.05) is 19.1 Å². The summed E-state index contributed by atoms with van der Waals surface area (Å²) in [6.45, 7) is 5.40. The molecule has 0 fully saturated rings. The minimum Gasteiger partial charge on any atom is -0.325 e. The Morgan fingerprint density at radius 2 is 1.90 bits per heavy atom. The van der Waals surface area contributed by atoms with Crippen LogP contribution in [0.3, 0.4) is 0 Å². The summed E-state index contributed by atoms with van der Waals surface area (Å²) in [6.07, 6.45) is 0.357. The van der Waals surface area contributed by atoms with Crippen molar-refractivity contribution in [3.8, 4) is 0 Å². The molecule has 1 heterocycles. The number of carbonyl (C=O) groups excluding carboxylic acids is 2. The predicted molar refractivity (Wildman–Crippen MR) is 81.4 cm³/mol. The smallest absolute Gasteiger partial charge is 0.257 e. The van der Waals surface area contributed by atoms with Crippen LogP contribution in [0.4, 0.5) is 11.4 Å². The molecule has 2 rings (SSSR count). The number of hydrogen-bond donors (Lipinski definition) is 3. The second-order valence-corrected chi connectivity index (χ2v) is 4.71. The number of benzene rings is 1. The number of hydrogen-bond acceptors (Lipinski definition) is 3. The van der Waals surface area contributed by atoms with Gasteiger partial charge in [0.25, 0.3) is 5.91 Å². The molecule has 0 atom stereocenters. The molecule has 2 aromatic rings. The molecule has 0 saturated carbocycles. The van der Waals surface area contributed by atoms with E-state index in [0.29, 0.717) is 23.4 Å². The first-order chi connectivity index (χ1) is 10.0. The van der Waals surface area contributed by atoms with Crippen molar-refractivity contribution in [2.24, 2.45) is 0 Å². The van der Waals surface area contributed by atoms with Crippen LogP contribution in [-0.4, -0.2) is 22.0 Å². The lowest BCUT2D eigenvalue weighted by molar-refractivity contribution is -0.115. The minimum atomic E-state index is -0.283. The molecular formula is C15H18N4O2. The van der Waals surface area contributed by atoms with Crippen molar-refractivity contribution in [1.82, 2.24) is 10.2 Å². The van der Waals surface area contributed by atoms with Crippen LogP contribution < -0.4 is 10.6 Å². The quantitative estimate of drug-likeness (QED) is 0.807. The normalized spacial score (nSPS) is 10.2. The van der Waals surface area contributed by atoms with E-state index in [2.05, 4.69) is 20.8 Å². The van der Waals surface area contributed by atoms with Crippen LogP contribution in [0.15, 0.2) is 24.3 Å². The van der Waals surface area contributed by atoms with Gasteiger partial charge in [-0.05, 0) is 26.0 Å². The van der Waals surface area contributed by atoms with Crippen molar-refractivity contribution in [1.29, 1.82) is 0 Å². The standard InChI is InChI=1S/C15H18N4O2/c1-4-13(20)16-12-8-6-5-7-11(12)15(21)17-14-9(2)18-19-10(14)3/h5-8H,4H2,1-3H3,(H,16,20)(H,17,21)(H,18,19). The fourth-order valence-electron chi connectivity index (χ4n) is 1.94. The molecule has 0 bridgehead atoms. The van der Waals surface area contributed by atoms with Crippen LogP contribution in [-0.2, 0) is 4.79 Å². The number of rotatable bonds is 4. The summed E-state index contributed by atoms with van der Waals surface area (Å²) in [5, 5.41) is 12.4. The highest BCUT2D eigenvalue weighted by atomic mass is 16.2. The Bertz CT molecular complexity index is 657.